The Morgan fingerprint density at radius 1 is 0.962 bits per heavy atom. The average Bonchev–Trinajstić information content (AvgIpc) is 2.65. The van der Waals surface area contributed by atoms with E-state index in [1.54, 1.807) is 0 Å². The Morgan fingerprint density at radius 3 is 2.27 bits per heavy atom. The second kappa shape index (κ2) is 12.7. The minimum Gasteiger partial charge on any atom is -0.492 e. The van der Waals surface area contributed by atoms with Crippen LogP contribution in [0.1, 0.15) is 44.4 Å². The molecule has 0 aliphatic rings. The summed E-state index contributed by atoms with van der Waals surface area (Å²) in [4.78, 5) is 0. The normalized spacial score (nSPS) is 12.9. The quantitative estimate of drug-likeness (QED) is 0.546. The Kier molecular flexibility index (Phi) is 11.0. The van der Waals surface area contributed by atoms with Crippen molar-refractivity contribution in [1.82, 2.24) is 5.32 Å². The molecule has 2 rings (SSSR count). The van der Waals surface area contributed by atoms with E-state index in [9.17, 15) is 0 Å². The van der Waals surface area contributed by atoms with Gasteiger partial charge >= 0.3 is 0 Å². The Bertz CT molecular complexity index is 589. The van der Waals surface area contributed by atoms with E-state index in [2.05, 4.69) is 61.6 Å². The molecule has 0 aliphatic carbocycles. The zero-order valence-corrected chi connectivity index (χ0v) is 16.9. The molecule has 2 aromatic rings. The molecule has 4 heteroatoms. The van der Waals surface area contributed by atoms with Crippen molar-refractivity contribution >= 4 is 12.4 Å². The first-order valence-corrected chi connectivity index (χ1v) is 9.34. The maximum absolute atomic E-state index is 5.83. The summed E-state index contributed by atoms with van der Waals surface area (Å²) in [6, 6.07) is 19.3. The highest BCUT2D eigenvalue weighted by molar-refractivity contribution is 5.85. The number of rotatable bonds is 11. The molecule has 0 radical (unpaired) electrons. The summed E-state index contributed by atoms with van der Waals surface area (Å²) in [5.41, 5.74) is 2.57. The molecule has 0 saturated carbocycles. The highest BCUT2D eigenvalue weighted by Crippen LogP contribution is 2.23. The number of benzene rings is 2. The summed E-state index contributed by atoms with van der Waals surface area (Å²) in [5, 5.41) is 3.51. The standard InChI is InChI=1S/C22H31NO2.ClH/c1-4-22(24-5-2)20-11-13-21(14-12-20)25-16-15-23-18(3)17-19-9-7-6-8-10-19;/h6-14,18,22-23H,4-5,15-17H2,1-3H3;1H. The fourth-order valence-corrected chi connectivity index (χ4v) is 2.94. The summed E-state index contributed by atoms with van der Waals surface area (Å²) in [5.74, 6) is 0.910. The van der Waals surface area contributed by atoms with Crippen molar-refractivity contribution in [2.45, 2.75) is 45.8 Å². The lowest BCUT2D eigenvalue weighted by molar-refractivity contribution is 0.0598. The van der Waals surface area contributed by atoms with Crippen LogP contribution < -0.4 is 10.1 Å². The van der Waals surface area contributed by atoms with E-state index in [-0.39, 0.29) is 18.5 Å². The molecule has 1 N–H and O–H groups in total. The lowest BCUT2D eigenvalue weighted by atomic mass is 10.1. The largest absolute Gasteiger partial charge is 0.492 e. The molecule has 2 aromatic carbocycles. The van der Waals surface area contributed by atoms with Gasteiger partial charge in [0, 0.05) is 19.2 Å². The van der Waals surface area contributed by atoms with Crippen molar-refractivity contribution in [1.29, 1.82) is 0 Å². The molecule has 3 nitrogen and oxygen atoms in total. The van der Waals surface area contributed by atoms with Crippen molar-refractivity contribution in [2.75, 3.05) is 19.8 Å². The van der Waals surface area contributed by atoms with Gasteiger partial charge in [-0.25, -0.2) is 0 Å². The second-order valence-corrected chi connectivity index (χ2v) is 6.31. The van der Waals surface area contributed by atoms with Crippen LogP contribution in [0.15, 0.2) is 54.6 Å². The zero-order valence-electron chi connectivity index (χ0n) is 16.1. The molecule has 0 aliphatic heterocycles. The van der Waals surface area contributed by atoms with Gasteiger partial charge in [0.1, 0.15) is 12.4 Å². The van der Waals surface area contributed by atoms with Crippen molar-refractivity contribution in [2.24, 2.45) is 0 Å². The molecule has 0 bridgehead atoms. The van der Waals surface area contributed by atoms with Crippen LogP contribution in [-0.2, 0) is 11.2 Å². The van der Waals surface area contributed by atoms with Gasteiger partial charge in [-0.2, -0.15) is 0 Å². The SMILES string of the molecule is CCOC(CC)c1ccc(OCCNC(C)Cc2ccccc2)cc1.Cl. The summed E-state index contributed by atoms with van der Waals surface area (Å²) in [6.07, 6.45) is 2.20. The minimum absolute atomic E-state index is 0. The Balaban J connectivity index is 0.00000338. The van der Waals surface area contributed by atoms with Crippen LogP contribution in [0.3, 0.4) is 0 Å². The third-order valence-electron chi connectivity index (χ3n) is 4.24. The fourth-order valence-electron chi connectivity index (χ4n) is 2.94. The Morgan fingerprint density at radius 2 is 1.65 bits per heavy atom. The molecule has 2 atom stereocenters. The second-order valence-electron chi connectivity index (χ2n) is 6.31. The summed E-state index contributed by atoms with van der Waals surface area (Å²) < 4.78 is 11.6. The van der Waals surface area contributed by atoms with Crippen LogP contribution in [-0.4, -0.2) is 25.8 Å². The zero-order chi connectivity index (χ0) is 17.9. The molecule has 144 valence electrons. The van der Waals surface area contributed by atoms with Crippen LogP contribution in [0.2, 0.25) is 0 Å². The number of nitrogens with one attached hydrogen (secondary N) is 1. The smallest absolute Gasteiger partial charge is 0.119 e. The molecular formula is C22H32ClNO2. The molecule has 26 heavy (non-hydrogen) atoms. The van der Waals surface area contributed by atoms with Gasteiger partial charge in [-0.15, -0.1) is 12.4 Å². The van der Waals surface area contributed by atoms with Gasteiger partial charge in [0.2, 0.25) is 0 Å². The van der Waals surface area contributed by atoms with Gasteiger partial charge in [0.15, 0.2) is 0 Å². The van der Waals surface area contributed by atoms with E-state index in [4.69, 9.17) is 9.47 Å². The summed E-state index contributed by atoms with van der Waals surface area (Å²) >= 11 is 0. The van der Waals surface area contributed by atoms with Crippen molar-refractivity contribution < 1.29 is 9.47 Å². The minimum atomic E-state index is 0. The maximum Gasteiger partial charge on any atom is 0.119 e. The number of ether oxygens (including phenoxy) is 2. The van der Waals surface area contributed by atoms with E-state index in [0.717, 1.165) is 31.7 Å². The van der Waals surface area contributed by atoms with Crippen LogP contribution in [0, 0.1) is 0 Å². The lowest BCUT2D eigenvalue weighted by Crippen LogP contribution is -2.31. The monoisotopic (exact) mass is 377 g/mol. The Labute approximate surface area is 164 Å². The summed E-state index contributed by atoms with van der Waals surface area (Å²) in [6.45, 7) is 8.64. The van der Waals surface area contributed by atoms with Gasteiger partial charge in [-0.1, -0.05) is 49.4 Å². The van der Waals surface area contributed by atoms with Crippen molar-refractivity contribution in [3.8, 4) is 5.75 Å². The van der Waals surface area contributed by atoms with Crippen molar-refractivity contribution in [3.63, 3.8) is 0 Å². The van der Waals surface area contributed by atoms with Crippen LogP contribution >= 0.6 is 12.4 Å². The number of hydrogen-bond donors (Lipinski definition) is 1. The predicted molar refractivity (Wildman–Crippen MR) is 111 cm³/mol. The Hall–Kier alpha value is -1.55. The van der Waals surface area contributed by atoms with Crippen molar-refractivity contribution in [3.05, 3.63) is 65.7 Å². The first-order valence-electron chi connectivity index (χ1n) is 9.34. The van der Waals surface area contributed by atoms with Crippen LogP contribution in [0.25, 0.3) is 0 Å². The molecule has 0 fully saturated rings. The van der Waals surface area contributed by atoms with Gasteiger partial charge in [0.25, 0.3) is 0 Å². The summed E-state index contributed by atoms with van der Waals surface area (Å²) in [7, 11) is 0. The first-order chi connectivity index (χ1) is 12.2. The van der Waals surface area contributed by atoms with Crippen LogP contribution in [0.5, 0.6) is 5.75 Å². The van der Waals surface area contributed by atoms with Gasteiger partial charge in [0.05, 0.1) is 6.10 Å². The molecule has 0 heterocycles. The highest BCUT2D eigenvalue weighted by Gasteiger charge is 2.08. The molecule has 0 spiro atoms. The molecular weight excluding hydrogens is 346 g/mol. The van der Waals surface area contributed by atoms with Crippen LogP contribution in [0.4, 0.5) is 0 Å². The van der Waals surface area contributed by atoms with Gasteiger partial charge < -0.3 is 14.8 Å². The van der Waals surface area contributed by atoms with E-state index in [0.29, 0.717) is 12.6 Å². The molecule has 2 unspecified atom stereocenters. The fraction of sp³-hybridized carbons (Fsp3) is 0.455. The third-order valence-corrected chi connectivity index (χ3v) is 4.24. The first kappa shape index (κ1) is 22.5. The number of hydrogen-bond acceptors (Lipinski definition) is 3. The molecule has 0 saturated heterocycles. The lowest BCUT2D eigenvalue weighted by Gasteiger charge is -2.16. The third kappa shape index (κ3) is 7.77. The predicted octanol–water partition coefficient (Wildman–Crippen LogP) is 5.20. The molecule has 0 aromatic heterocycles. The average molecular weight is 378 g/mol. The van der Waals surface area contributed by atoms with E-state index >= 15 is 0 Å². The van der Waals surface area contributed by atoms with Gasteiger partial charge in [-0.05, 0) is 49.9 Å². The highest BCUT2D eigenvalue weighted by atomic mass is 35.5. The van der Waals surface area contributed by atoms with E-state index in [1.165, 1.54) is 11.1 Å². The number of halogens is 1. The van der Waals surface area contributed by atoms with Gasteiger partial charge in [-0.3, -0.25) is 0 Å². The van der Waals surface area contributed by atoms with E-state index in [1.807, 2.05) is 19.1 Å². The molecule has 0 amide bonds. The maximum atomic E-state index is 5.83. The topological polar surface area (TPSA) is 30.5 Å². The van der Waals surface area contributed by atoms with E-state index < -0.39 is 0 Å².